The maximum atomic E-state index is 12.0. The number of thiophene rings is 1. The summed E-state index contributed by atoms with van der Waals surface area (Å²) < 4.78 is 40.6. The van der Waals surface area contributed by atoms with E-state index in [9.17, 15) is 22.8 Å². The molecule has 0 radical (unpaired) electrons. The molecule has 2 rings (SSSR count). The van der Waals surface area contributed by atoms with Crippen molar-refractivity contribution in [3.63, 3.8) is 0 Å². The van der Waals surface area contributed by atoms with Gasteiger partial charge >= 0.3 is 6.18 Å². The largest absolute Gasteiger partial charge is 0.484 e. The smallest absolute Gasteiger partial charge is 0.422 e. The SMILES string of the molecule is O=C(CNC(=O)c1cccs1)Nc1ccc(OCC(F)(F)F)cc1. The van der Waals surface area contributed by atoms with Gasteiger partial charge in [0, 0.05) is 5.69 Å². The normalized spacial score (nSPS) is 11.0. The molecule has 1 aromatic heterocycles. The number of halogens is 3. The first-order valence-corrected chi connectivity index (χ1v) is 7.62. The van der Waals surface area contributed by atoms with Gasteiger partial charge in [-0.15, -0.1) is 11.3 Å². The maximum absolute atomic E-state index is 12.0. The van der Waals surface area contributed by atoms with Gasteiger partial charge in [-0.05, 0) is 35.7 Å². The van der Waals surface area contributed by atoms with Gasteiger partial charge < -0.3 is 15.4 Å². The van der Waals surface area contributed by atoms with Gasteiger partial charge in [-0.2, -0.15) is 13.2 Å². The zero-order valence-corrected chi connectivity index (χ0v) is 13.0. The summed E-state index contributed by atoms with van der Waals surface area (Å²) in [5, 5.41) is 6.72. The molecule has 2 aromatic rings. The molecule has 0 aliphatic rings. The minimum absolute atomic E-state index is 0.0383. The molecule has 0 fully saturated rings. The molecule has 128 valence electrons. The summed E-state index contributed by atoms with van der Waals surface area (Å²) in [6.07, 6.45) is -4.41. The van der Waals surface area contributed by atoms with Crippen LogP contribution in [-0.2, 0) is 4.79 Å². The zero-order valence-electron chi connectivity index (χ0n) is 12.2. The number of rotatable bonds is 6. The predicted octanol–water partition coefficient (Wildman–Crippen LogP) is 3.06. The highest BCUT2D eigenvalue weighted by molar-refractivity contribution is 7.12. The standard InChI is InChI=1S/C15H13F3N2O3S/c16-15(17,18)9-23-11-5-3-10(4-6-11)20-13(21)8-19-14(22)12-2-1-7-24-12/h1-7H,8-9H2,(H,19,22)(H,20,21). The van der Waals surface area contributed by atoms with Gasteiger partial charge in [0.2, 0.25) is 5.91 Å². The lowest BCUT2D eigenvalue weighted by molar-refractivity contribution is -0.153. The molecule has 0 saturated carbocycles. The van der Waals surface area contributed by atoms with E-state index in [4.69, 9.17) is 0 Å². The molecule has 0 bridgehead atoms. The third-order valence-corrected chi connectivity index (χ3v) is 3.56. The Balaban J connectivity index is 1.78. The topological polar surface area (TPSA) is 67.4 Å². The van der Waals surface area contributed by atoms with Crippen LogP contribution in [0.25, 0.3) is 0 Å². The van der Waals surface area contributed by atoms with Gasteiger partial charge in [-0.25, -0.2) is 0 Å². The zero-order chi connectivity index (χ0) is 17.6. The third kappa shape index (κ3) is 5.92. The second-order valence-electron chi connectivity index (χ2n) is 4.64. The molecule has 0 atom stereocenters. The molecule has 0 unspecified atom stereocenters. The monoisotopic (exact) mass is 358 g/mol. The van der Waals surface area contributed by atoms with Crippen LogP contribution in [0.2, 0.25) is 0 Å². The summed E-state index contributed by atoms with van der Waals surface area (Å²) in [5.74, 6) is -0.767. The number of hydrogen-bond acceptors (Lipinski definition) is 4. The lowest BCUT2D eigenvalue weighted by Crippen LogP contribution is -2.32. The lowest BCUT2D eigenvalue weighted by Gasteiger charge is -2.10. The van der Waals surface area contributed by atoms with E-state index < -0.39 is 18.7 Å². The molecule has 0 aliphatic carbocycles. The Morgan fingerprint density at radius 3 is 2.42 bits per heavy atom. The molecular formula is C15H13F3N2O3S. The maximum Gasteiger partial charge on any atom is 0.422 e. The third-order valence-electron chi connectivity index (χ3n) is 2.70. The molecule has 2 amide bonds. The number of hydrogen-bond donors (Lipinski definition) is 2. The van der Waals surface area contributed by atoms with E-state index in [-0.39, 0.29) is 18.2 Å². The van der Waals surface area contributed by atoms with E-state index in [1.165, 1.54) is 35.6 Å². The van der Waals surface area contributed by atoms with Crippen molar-refractivity contribution in [3.8, 4) is 5.75 Å². The average molecular weight is 358 g/mol. The van der Waals surface area contributed by atoms with Gasteiger partial charge in [0.15, 0.2) is 6.61 Å². The molecule has 2 N–H and O–H groups in total. The molecule has 1 aromatic carbocycles. The van der Waals surface area contributed by atoms with Gasteiger partial charge in [0.05, 0.1) is 11.4 Å². The average Bonchev–Trinajstić information content (AvgIpc) is 3.06. The first-order valence-electron chi connectivity index (χ1n) is 6.75. The number of anilines is 1. The van der Waals surface area contributed by atoms with E-state index in [2.05, 4.69) is 15.4 Å². The summed E-state index contributed by atoms with van der Waals surface area (Å²) in [5.41, 5.74) is 0.379. The van der Waals surface area contributed by atoms with Gasteiger partial charge in [-0.1, -0.05) is 6.07 Å². The lowest BCUT2D eigenvalue weighted by atomic mass is 10.3. The highest BCUT2D eigenvalue weighted by atomic mass is 32.1. The van der Waals surface area contributed by atoms with Crippen molar-refractivity contribution in [1.82, 2.24) is 5.32 Å². The summed E-state index contributed by atoms with van der Waals surface area (Å²) >= 11 is 1.26. The van der Waals surface area contributed by atoms with Crippen molar-refractivity contribution < 1.29 is 27.5 Å². The van der Waals surface area contributed by atoms with E-state index >= 15 is 0 Å². The fourth-order valence-electron chi connectivity index (χ4n) is 1.66. The van der Waals surface area contributed by atoms with E-state index in [1.807, 2.05) is 0 Å². The van der Waals surface area contributed by atoms with Crippen molar-refractivity contribution in [3.05, 3.63) is 46.7 Å². The number of ether oxygens (including phenoxy) is 1. The minimum atomic E-state index is -4.41. The summed E-state index contributed by atoms with van der Waals surface area (Å²) in [4.78, 5) is 23.9. The Labute approximate surface area is 139 Å². The molecule has 1 heterocycles. The summed E-state index contributed by atoms with van der Waals surface area (Å²) in [6, 6.07) is 8.80. The van der Waals surface area contributed by atoms with Crippen LogP contribution in [0, 0.1) is 0 Å². The molecule has 0 saturated heterocycles. The Morgan fingerprint density at radius 2 is 1.83 bits per heavy atom. The quantitative estimate of drug-likeness (QED) is 0.834. The van der Waals surface area contributed by atoms with Crippen LogP contribution < -0.4 is 15.4 Å². The predicted molar refractivity (Wildman–Crippen MR) is 83.3 cm³/mol. The second-order valence-corrected chi connectivity index (χ2v) is 5.58. The Morgan fingerprint density at radius 1 is 1.12 bits per heavy atom. The van der Waals surface area contributed by atoms with Crippen LogP contribution >= 0.6 is 11.3 Å². The van der Waals surface area contributed by atoms with Crippen LogP contribution in [0.3, 0.4) is 0 Å². The number of carbonyl (C=O) groups excluding carboxylic acids is 2. The number of nitrogens with one attached hydrogen (secondary N) is 2. The molecule has 9 heteroatoms. The Bertz CT molecular complexity index is 685. The van der Waals surface area contributed by atoms with Gasteiger partial charge in [0.25, 0.3) is 5.91 Å². The molecule has 0 spiro atoms. The highest BCUT2D eigenvalue weighted by Gasteiger charge is 2.28. The summed E-state index contributed by atoms with van der Waals surface area (Å²) in [7, 11) is 0. The fraction of sp³-hybridized carbons (Fsp3) is 0.200. The fourth-order valence-corrected chi connectivity index (χ4v) is 2.30. The highest BCUT2D eigenvalue weighted by Crippen LogP contribution is 2.20. The number of alkyl halides is 3. The number of amides is 2. The van der Waals surface area contributed by atoms with Crippen molar-refractivity contribution >= 4 is 28.8 Å². The van der Waals surface area contributed by atoms with Crippen LogP contribution in [0.4, 0.5) is 18.9 Å². The Kier molecular flexibility index (Phi) is 5.80. The molecular weight excluding hydrogens is 345 g/mol. The van der Waals surface area contributed by atoms with Crippen LogP contribution in [0.5, 0.6) is 5.75 Å². The molecule has 24 heavy (non-hydrogen) atoms. The Hall–Kier alpha value is -2.55. The van der Waals surface area contributed by atoms with Crippen molar-refractivity contribution in [2.24, 2.45) is 0 Å². The molecule has 5 nitrogen and oxygen atoms in total. The van der Waals surface area contributed by atoms with E-state index in [0.717, 1.165) is 0 Å². The molecule has 0 aliphatic heterocycles. The number of carbonyl (C=O) groups is 2. The van der Waals surface area contributed by atoms with Crippen molar-refractivity contribution in [1.29, 1.82) is 0 Å². The van der Waals surface area contributed by atoms with E-state index in [1.54, 1.807) is 17.5 Å². The van der Waals surface area contributed by atoms with Crippen LogP contribution in [0.1, 0.15) is 9.67 Å². The van der Waals surface area contributed by atoms with E-state index in [0.29, 0.717) is 10.6 Å². The van der Waals surface area contributed by atoms with Crippen LogP contribution in [0.15, 0.2) is 41.8 Å². The van der Waals surface area contributed by atoms with Crippen molar-refractivity contribution in [2.75, 3.05) is 18.5 Å². The van der Waals surface area contributed by atoms with Gasteiger partial charge in [-0.3, -0.25) is 9.59 Å². The van der Waals surface area contributed by atoms with Gasteiger partial charge in [0.1, 0.15) is 5.75 Å². The second kappa shape index (κ2) is 7.82. The van der Waals surface area contributed by atoms with Crippen LogP contribution in [-0.4, -0.2) is 31.1 Å². The number of benzene rings is 1. The summed E-state index contributed by atoms with van der Waals surface area (Å²) in [6.45, 7) is -1.60. The first-order chi connectivity index (χ1) is 11.3. The first kappa shape index (κ1) is 17.8. The van der Waals surface area contributed by atoms with Crippen molar-refractivity contribution in [2.45, 2.75) is 6.18 Å². The minimum Gasteiger partial charge on any atom is -0.484 e.